The van der Waals surface area contributed by atoms with Crippen LogP contribution in [0.1, 0.15) is 20.3 Å². The van der Waals surface area contributed by atoms with E-state index < -0.39 is 0 Å². The molecule has 0 aliphatic rings. The van der Waals surface area contributed by atoms with Gasteiger partial charge in [0.05, 0.1) is 12.3 Å². The molecule has 0 saturated carbocycles. The molecule has 2 N–H and O–H groups in total. The first-order valence-corrected chi connectivity index (χ1v) is 8.11. The van der Waals surface area contributed by atoms with Gasteiger partial charge >= 0.3 is 0 Å². The van der Waals surface area contributed by atoms with E-state index in [1.807, 2.05) is 36.6 Å². The number of rotatable bonds is 7. The number of anilines is 2. The van der Waals surface area contributed by atoms with Crippen LogP contribution in [0.15, 0.2) is 29.6 Å². The normalized spacial score (nSPS) is 12.0. The van der Waals surface area contributed by atoms with E-state index in [0.29, 0.717) is 13.0 Å². The molecule has 1 heterocycles. The van der Waals surface area contributed by atoms with Gasteiger partial charge in [-0.3, -0.25) is 4.79 Å². The highest BCUT2D eigenvalue weighted by Crippen LogP contribution is 2.26. The molecule has 0 spiro atoms. The van der Waals surface area contributed by atoms with Crippen molar-refractivity contribution in [2.45, 2.75) is 26.3 Å². The number of nitrogens with zero attached hydrogens (tertiary/aromatic N) is 1. The summed E-state index contributed by atoms with van der Waals surface area (Å²) in [6.07, 6.45) is 0.475. The average molecular weight is 319 g/mol. The van der Waals surface area contributed by atoms with Crippen molar-refractivity contribution in [3.05, 3.63) is 29.6 Å². The molecular formula is C16H21N3O2S. The Balaban J connectivity index is 2.03. The minimum atomic E-state index is 0.0139. The lowest BCUT2D eigenvalue weighted by atomic mass is 10.1. The predicted molar refractivity (Wildman–Crippen MR) is 91.4 cm³/mol. The third-order valence-electron chi connectivity index (χ3n) is 3.08. The van der Waals surface area contributed by atoms with E-state index in [1.165, 1.54) is 0 Å². The largest absolute Gasteiger partial charge is 0.383 e. The fourth-order valence-electron chi connectivity index (χ4n) is 1.95. The summed E-state index contributed by atoms with van der Waals surface area (Å²) in [7, 11) is 1.68. The lowest BCUT2D eigenvalue weighted by molar-refractivity contribution is -0.115. The van der Waals surface area contributed by atoms with Crippen LogP contribution in [-0.4, -0.2) is 30.6 Å². The zero-order chi connectivity index (χ0) is 15.9. The van der Waals surface area contributed by atoms with Gasteiger partial charge in [0, 0.05) is 36.2 Å². The molecule has 0 fully saturated rings. The molecule has 2 rings (SSSR count). The van der Waals surface area contributed by atoms with Gasteiger partial charge in [0.2, 0.25) is 5.91 Å². The van der Waals surface area contributed by atoms with Crippen molar-refractivity contribution in [3.63, 3.8) is 0 Å². The second-order valence-electron chi connectivity index (χ2n) is 5.02. The quantitative estimate of drug-likeness (QED) is 0.818. The van der Waals surface area contributed by atoms with Crippen LogP contribution in [0.25, 0.3) is 11.3 Å². The van der Waals surface area contributed by atoms with Gasteiger partial charge in [0.25, 0.3) is 0 Å². The lowest BCUT2D eigenvalue weighted by Crippen LogP contribution is -2.20. The van der Waals surface area contributed by atoms with Gasteiger partial charge < -0.3 is 15.4 Å². The number of carbonyl (C=O) groups is 1. The summed E-state index contributed by atoms with van der Waals surface area (Å²) in [5.41, 5.74) is 2.75. The maximum Gasteiger partial charge on any atom is 0.224 e. The first-order chi connectivity index (χ1) is 10.6. The summed E-state index contributed by atoms with van der Waals surface area (Å²) in [5, 5.41) is 9.03. The van der Waals surface area contributed by atoms with E-state index in [9.17, 15) is 4.79 Å². The summed E-state index contributed by atoms with van der Waals surface area (Å²) >= 11 is 1.57. The van der Waals surface area contributed by atoms with Crippen LogP contribution in [0.5, 0.6) is 0 Å². The lowest BCUT2D eigenvalue weighted by Gasteiger charge is -2.10. The van der Waals surface area contributed by atoms with Crippen LogP contribution in [0.4, 0.5) is 10.8 Å². The SMILES string of the molecule is CCC(=O)Nc1ccc(-c2csc(NC(C)COC)n2)cc1. The number of hydrogen-bond acceptors (Lipinski definition) is 5. The van der Waals surface area contributed by atoms with Crippen LogP contribution < -0.4 is 10.6 Å². The topological polar surface area (TPSA) is 63.2 Å². The van der Waals surface area contributed by atoms with E-state index in [0.717, 1.165) is 22.1 Å². The molecule has 2 aromatic rings. The minimum Gasteiger partial charge on any atom is -0.383 e. The third kappa shape index (κ3) is 4.54. The molecule has 0 aliphatic heterocycles. The van der Waals surface area contributed by atoms with Crippen molar-refractivity contribution in [3.8, 4) is 11.3 Å². The highest BCUT2D eigenvalue weighted by molar-refractivity contribution is 7.14. The van der Waals surface area contributed by atoms with Crippen LogP contribution in [0, 0.1) is 0 Å². The Morgan fingerprint density at radius 2 is 2.09 bits per heavy atom. The van der Waals surface area contributed by atoms with E-state index in [1.54, 1.807) is 18.4 Å². The standard InChI is InChI=1S/C16H21N3O2S/c1-4-15(20)18-13-7-5-12(6-8-13)14-10-22-16(19-14)17-11(2)9-21-3/h5-8,10-11H,4,9H2,1-3H3,(H,17,19)(H,18,20). The van der Waals surface area contributed by atoms with Crippen molar-refractivity contribution in [2.75, 3.05) is 24.4 Å². The summed E-state index contributed by atoms with van der Waals surface area (Å²) < 4.78 is 5.10. The molecule has 0 aliphatic carbocycles. The van der Waals surface area contributed by atoms with Crippen LogP contribution in [0.2, 0.25) is 0 Å². The van der Waals surface area contributed by atoms with Gasteiger partial charge in [-0.1, -0.05) is 19.1 Å². The van der Waals surface area contributed by atoms with Crippen molar-refractivity contribution in [1.82, 2.24) is 4.98 Å². The van der Waals surface area contributed by atoms with Gasteiger partial charge in [-0.05, 0) is 19.1 Å². The van der Waals surface area contributed by atoms with Crippen molar-refractivity contribution in [2.24, 2.45) is 0 Å². The van der Waals surface area contributed by atoms with E-state index >= 15 is 0 Å². The maximum atomic E-state index is 11.4. The van der Waals surface area contributed by atoms with E-state index in [-0.39, 0.29) is 11.9 Å². The molecule has 5 nitrogen and oxygen atoms in total. The van der Waals surface area contributed by atoms with Gasteiger partial charge in [-0.25, -0.2) is 4.98 Å². The smallest absolute Gasteiger partial charge is 0.224 e. The summed E-state index contributed by atoms with van der Waals surface area (Å²) in [6.45, 7) is 4.52. The molecule has 0 bridgehead atoms. The van der Waals surface area contributed by atoms with Gasteiger partial charge in [0.1, 0.15) is 0 Å². The van der Waals surface area contributed by atoms with Gasteiger partial charge in [-0.15, -0.1) is 11.3 Å². The number of carbonyl (C=O) groups excluding carboxylic acids is 1. The second-order valence-corrected chi connectivity index (χ2v) is 5.88. The molecule has 1 unspecified atom stereocenters. The Morgan fingerprint density at radius 3 is 2.73 bits per heavy atom. The molecule has 1 amide bonds. The summed E-state index contributed by atoms with van der Waals surface area (Å²) in [4.78, 5) is 15.9. The van der Waals surface area contributed by atoms with Gasteiger partial charge in [0.15, 0.2) is 5.13 Å². The number of methoxy groups -OCH3 is 1. The van der Waals surface area contributed by atoms with Crippen molar-refractivity contribution in [1.29, 1.82) is 0 Å². The number of aromatic nitrogens is 1. The molecule has 0 saturated heterocycles. The zero-order valence-corrected chi connectivity index (χ0v) is 13.9. The number of benzene rings is 1. The fraction of sp³-hybridized carbons (Fsp3) is 0.375. The van der Waals surface area contributed by atoms with Gasteiger partial charge in [-0.2, -0.15) is 0 Å². The number of hydrogen-bond donors (Lipinski definition) is 2. The Labute approximate surface area is 134 Å². The predicted octanol–water partition coefficient (Wildman–Crippen LogP) is 3.61. The molecule has 1 atom stereocenters. The average Bonchev–Trinajstić information content (AvgIpc) is 2.96. The molecule has 22 heavy (non-hydrogen) atoms. The maximum absolute atomic E-state index is 11.4. The number of ether oxygens (including phenoxy) is 1. The highest BCUT2D eigenvalue weighted by Gasteiger charge is 2.08. The fourth-order valence-corrected chi connectivity index (χ4v) is 2.78. The van der Waals surface area contributed by atoms with Crippen LogP contribution >= 0.6 is 11.3 Å². The van der Waals surface area contributed by atoms with Crippen molar-refractivity contribution >= 4 is 28.1 Å². The monoisotopic (exact) mass is 319 g/mol. The van der Waals surface area contributed by atoms with E-state index in [2.05, 4.69) is 22.5 Å². The van der Waals surface area contributed by atoms with E-state index in [4.69, 9.17) is 4.74 Å². The summed E-state index contributed by atoms with van der Waals surface area (Å²) in [6, 6.07) is 7.92. The number of nitrogens with one attached hydrogen (secondary N) is 2. The molecule has 118 valence electrons. The zero-order valence-electron chi connectivity index (χ0n) is 13.1. The molecule has 1 aromatic heterocycles. The Morgan fingerprint density at radius 1 is 1.36 bits per heavy atom. The molecule has 1 aromatic carbocycles. The molecule has 0 radical (unpaired) electrons. The Kier molecular flexibility index (Phi) is 5.91. The molecule has 6 heteroatoms. The highest BCUT2D eigenvalue weighted by atomic mass is 32.1. The Bertz CT molecular complexity index is 610. The Hall–Kier alpha value is -1.92. The molecular weight excluding hydrogens is 298 g/mol. The van der Waals surface area contributed by atoms with Crippen LogP contribution in [-0.2, 0) is 9.53 Å². The first kappa shape index (κ1) is 16.5. The minimum absolute atomic E-state index is 0.0139. The third-order valence-corrected chi connectivity index (χ3v) is 3.85. The van der Waals surface area contributed by atoms with Crippen molar-refractivity contribution < 1.29 is 9.53 Å². The second kappa shape index (κ2) is 7.91. The first-order valence-electron chi connectivity index (χ1n) is 7.23. The number of thiazole rings is 1. The summed E-state index contributed by atoms with van der Waals surface area (Å²) in [5.74, 6) is 0.0139. The van der Waals surface area contributed by atoms with Crippen LogP contribution in [0.3, 0.4) is 0 Å². The number of amides is 1.